The predicted molar refractivity (Wildman–Crippen MR) is 88.1 cm³/mol. The summed E-state index contributed by atoms with van der Waals surface area (Å²) in [5.74, 6) is 0.336. The van der Waals surface area contributed by atoms with Crippen LogP contribution in [0.4, 0.5) is 5.69 Å². The van der Waals surface area contributed by atoms with Gasteiger partial charge in [-0.3, -0.25) is 0 Å². The third kappa shape index (κ3) is 2.25. The molecule has 2 heterocycles. The van der Waals surface area contributed by atoms with Crippen LogP contribution in [-0.4, -0.2) is 37.1 Å². The lowest BCUT2D eigenvalue weighted by Gasteiger charge is -2.27. The summed E-state index contributed by atoms with van der Waals surface area (Å²) < 4.78 is 24.7. The molecule has 1 aromatic carbocycles. The number of fused-ring (bicyclic) bond motifs is 1. The van der Waals surface area contributed by atoms with Crippen LogP contribution in [0.1, 0.15) is 11.1 Å². The van der Waals surface area contributed by atoms with Crippen molar-refractivity contribution in [3.8, 4) is 0 Å². The van der Waals surface area contributed by atoms with Crippen LogP contribution in [0.5, 0.6) is 0 Å². The summed E-state index contributed by atoms with van der Waals surface area (Å²) in [6.07, 6.45) is 0. The monoisotopic (exact) mass is 374 g/mol. The Morgan fingerprint density at radius 1 is 1.30 bits per heavy atom. The number of halogens is 1. The van der Waals surface area contributed by atoms with E-state index in [1.807, 2.05) is 30.9 Å². The highest BCUT2D eigenvalue weighted by molar-refractivity contribution is 9.10. The summed E-state index contributed by atoms with van der Waals surface area (Å²) in [6.45, 7) is 4.04. The first-order valence-electron chi connectivity index (χ1n) is 6.35. The van der Waals surface area contributed by atoms with Crippen molar-refractivity contribution >= 4 is 48.8 Å². The Bertz CT molecular complexity index is 679. The molecule has 2 aliphatic heterocycles. The van der Waals surface area contributed by atoms with E-state index in [4.69, 9.17) is 12.2 Å². The minimum Gasteiger partial charge on any atom is -0.356 e. The van der Waals surface area contributed by atoms with Gasteiger partial charge in [0.1, 0.15) is 0 Å². The fourth-order valence-corrected chi connectivity index (χ4v) is 6.11. The highest BCUT2D eigenvalue weighted by atomic mass is 79.9. The maximum absolute atomic E-state index is 11.8. The van der Waals surface area contributed by atoms with Crippen LogP contribution in [0, 0.1) is 13.8 Å². The molecule has 1 aromatic rings. The van der Waals surface area contributed by atoms with Crippen LogP contribution in [-0.2, 0) is 9.84 Å². The number of sulfone groups is 1. The molecule has 0 unspecified atom stereocenters. The average molecular weight is 375 g/mol. The van der Waals surface area contributed by atoms with Crippen molar-refractivity contribution in [1.82, 2.24) is 5.32 Å². The van der Waals surface area contributed by atoms with Gasteiger partial charge in [0.05, 0.1) is 23.6 Å². The van der Waals surface area contributed by atoms with Crippen molar-refractivity contribution in [3.05, 3.63) is 27.7 Å². The SMILES string of the molecule is Cc1cc(Br)cc(C)c1N1C(=S)N[C@H]2CS(=O)(=O)C[C@@H]21. The second kappa shape index (κ2) is 4.68. The Hall–Kier alpha value is -0.660. The molecule has 0 aromatic heterocycles. The molecule has 7 heteroatoms. The standard InChI is InChI=1S/C13H15BrN2O2S2/c1-7-3-9(14)4-8(2)12(7)16-11-6-20(17,18)5-10(11)15-13(16)19/h3-4,10-11H,5-6H2,1-2H3,(H,15,19)/t10-,11-/m0/s1. The van der Waals surface area contributed by atoms with Gasteiger partial charge in [0, 0.05) is 10.2 Å². The van der Waals surface area contributed by atoms with E-state index in [2.05, 4.69) is 21.2 Å². The maximum Gasteiger partial charge on any atom is 0.174 e. The summed E-state index contributed by atoms with van der Waals surface area (Å²) in [7, 11) is -2.98. The van der Waals surface area contributed by atoms with E-state index in [0.717, 1.165) is 21.3 Å². The Balaban J connectivity index is 2.08. The minimum absolute atomic E-state index is 0.0880. The van der Waals surface area contributed by atoms with E-state index in [1.54, 1.807) is 0 Å². The molecular weight excluding hydrogens is 360 g/mol. The van der Waals surface area contributed by atoms with Gasteiger partial charge in [-0.2, -0.15) is 0 Å². The Morgan fingerprint density at radius 2 is 1.90 bits per heavy atom. The lowest BCUT2D eigenvalue weighted by Crippen LogP contribution is -2.37. The average Bonchev–Trinajstić information content (AvgIpc) is 2.70. The minimum atomic E-state index is -2.98. The molecule has 2 fully saturated rings. The van der Waals surface area contributed by atoms with E-state index in [1.165, 1.54) is 0 Å². The molecule has 3 rings (SSSR count). The molecule has 4 nitrogen and oxygen atoms in total. The molecule has 0 spiro atoms. The van der Waals surface area contributed by atoms with Crippen molar-refractivity contribution < 1.29 is 8.42 Å². The second-order valence-electron chi connectivity index (χ2n) is 5.46. The molecule has 0 aliphatic carbocycles. The summed E-state index contributed by atoms with van der Waals surface area (Å²) in [5, 5.41) is 3.78. The first-order chi connectivity index (χ1) is 9.28. The van der Waals surface area contributed by atoms with Crippen LogP contribution in [0.2, 0.25) is 0 Å². The van der Waals surface area contributed by atoms with Crippen LogP contribution in [0.3, 0.4) is 0 Å². The molecule has 2 aliphatic rings. The van der Waals surface area contributed by atoms with E-state index in [0.29, 0.717) is 5.11 Å². The maximum atomic E-state index is 11.8. The van der Waals surface area contributed by atoms with Crippen LogP contribution >= 0.6 is 28.1 Å². The van der Waals surface area contributed by atoms with E-state index in [9.17, 15) is 8.42 Å². The normalized spacial score (nSPS) is 27.6. The smallest absolute Gasteiger partial charge is 0.174 e. The highest BCUT2D eigenvalue weighted by Gasteiger charge is 2.48. The van der Waals surface area contributed by atoms with Crippen LogP contribution in [0.15, 0.2) is 16.6 Å². The van der Waals surface area contributed by atoms with Gasteiger partial charge in [0.15, 0.2) is 14.9 Å². The number of thiocarbonyl (C=S) groups is 1. The number of hydrogen-bond acceptors (Lipinski definition) is 3. The van der Waals surface area contributed by atoms with Crippen molar-refractivity contribution in [2.45, 2.75) is 25.9 Å². The number of hydrogen-bond donors (Lipinski definition) is 1. The Labute approximate surface area is 132 Å². The zero-order valence-electron chi connectivity index (χ0n) is 11.2. The van der Waals surface area contributed by atoms with Crippen molar-refractivity contribution in [2.75, 3.05) is 16.4 Å². The van der Waals surface area contributed by atoms with Crippen molar-refractivity contribution in [3.63, 3.8) is 0 Å². The van der Waals surface area contributed by atoms with Gasteiger partial charge >= 0.3 is 0 Å². The molecule has 108 valence electrons. The molecule has 0 amide bonds. The Kier molecular flexibility index (Phi) is 3.34. The summed E-state index contributed by atoms with van der Waals surface area (Å²) in [6, 6.07) is 3.88. The second-order valence-corrected chi connectivity index (χ2v) is 8.91. The molecule has 0 radical (unpaired) electrons. The van der Waals surface area contributed by atoms with Crippen LogP contribution in [0.25, 0.3) is 0 Å². The molecule has 20 heavy (non-hydrogen) atoms. The van der Waals surface area contributed by atoms with Gasteiger partial charge in [-0.25, -0.2) is 8.42 Å². The first kappa shape index (κ1) is 14.3. The van der Waals surface area contributed by atoms with Gasteiger partial charge in [0.2, 0.25) is 0 Å². The fourth-order valence-electron chi connectivity index (χ4n) is 3.15. The number of aryl methyl sites for hydroxylation is 2. The number of rotatable bonds is 1. The summed E-state index contributed by atoms with van der Waals surface area (Å²) in [4.78, 5) is 1.99. The lowest BCUT2D eigenvalue weighted by molar-refractivity contribution is 0.600. The zero-order chi connectivity index (χ0) is 14.7. The molecule has 0 saturated carbocycles. The topological polar surface area (TPSA) is 49.4 Å². The summed E-state index contributed by atoms with van der Waals surface area (Å²) >= 11 is 8.89. The Morgan fingerprint density at radius 3 is 2.50 bits per heavy atom. The van der Waals surface area contributed by atoms with Crippen molar-refractivity contribution in [2.24, 2.45) is 0 Å². The fraction of sp³-hybridized carbons (Fsp3) is 0.462. The van der Waals surface area contributed by atoms with E-state index < -0.39 is 9.84 Å². The van der Waals surface area contributed by atoms with Gasteiger partial charge in [-0.05, 0) is 49.3 Å². The lowest BCUT2D eigenvalue weighted by atomic mass is 10.1. The van der Waals surface area contributed by atoms with E-state index >= 15 is 0 Å². The highest BCUT2D eigenvalue weighted by Crippen LogP contribution is 2.35. The van der Waals surface area contributed by atoms with E-state index in [-0.39, 0.29) is 23.6 Å². The van der Waals surface area contributed by atoms with Gasteiger partial charge in [0.25, 0.3) is 0 Å². The largest absolute Gasteiger partial charge is 0.356 e. The molecule has 2 saturated heterocycles. The van der Waals surface area contributed by atoms with Crippen molar-refractivity contribution in [1.29, 1.82) is 0 Å². The molecule has 0 bridgehead atoms. The number of benzene rings is 1. The molecule has 1 N–H and O–H groups in total. The number of nitrogens with zero attached hydrogens (tertiary/aromatic N) is 1. The number of anilines is 1. The molecular formula is C13H15BrN2O2S2. The zero-order valence-corrected chi connectivity index (χ0v) is 14.4. The van der Waals surface area contributed by atoms with Crippen LogP contribution < -0.4 is 10.2 Å². The third-order valence-corrected chi connectivity index (χ3v) is 6.37. The molecule has 2 atom stereocenters. The van der Waals surface area contributed by atoms with Gasteiger partial charge in [-0.1, -0.05) is 15.9 Å². The van der Waals surface area contributed by atoms with Gasteiger partial charge in [-0.15, -0.1) is 0 Å². The third-order valence-electron chi connectivity index (χ3n) is 3.88. The number of nitrogens with one attached hydrogen (secondary N) is 1. The first-order valence-corrected chi connectivity index (χ1v) is 9.38. The predicted octanol–water partition coefficient (Wildman–Crippen LogP) is 1.93. The summed E-state index contributed by atoms with van der Waals surface area (Å²) in [5.41, 5.74) is 3.20. The van der Waals surface area contributed by atoms with Gasteiger partial charge < -0.3 is 10.2 Å². The quantitative estimate of drug-likeness (QED) is 0.761.